The number of carbonyl (C=O) groups is 1. The van der Waals surface area contributed by atoms with Crippen molar-refractivity contribution in [3.8, 4) is 5.75 Å². The first-order chi connectivity index (χ1) is 9.77. The third-order valence-electron chi connectivity index (χ3n) is 2.79. The smallest absolute Gasteiger partial charge is 0.255 e. The number of thioether (sulfide) groups is 1. The average Bonchev–Trinajstić information content (AvgIpc) is 2.48. The highest BCUT2D eigenvalue weighted by Gasteiger charge is 2.08. The van der Waals surface area contributed by atoms with Crippen LogP contribution in [-0.2, 0) is 5.75 Å². The molecule has 0 aliphatic carbocycles. The van der Waals surface area contributed by atoms with Gasteiger partial charge in [0.05, 0.1) is 5.56 Å². The molecule has 0 heterocycles. The third kappa shape index (κ3) is 4.31. The highest BCUT2D eigenvalue weighted by atomic mass is 32.2. The number of phenols is 1. The van der Waals surface area contributed by atoms with E-state index in [1.165, 1.54) is 11.6 Å². The normalized spacial score (nSPS) is 10.2. The molecule has 0 aromatic heterocycles. The standard InChI is InChI=1S/C16H17NO2S/c18-15-9-5-4-8-14(15)16(19)17-10-11-20-12-13-6-2-1-3-7-13/h1-9,18H,10-12H2,(H,17,19). The van der Waals surface area contributed by atoms with Crippen molar-refractivity contribution in [2.75, 3.05) is 12.3 Å². The van der Waals surface area contributed by atoms with E-state index in [4.69, 9.17) is 0 Å². The molecule has 0 aliphatic heterocycles. The SMILES string of the molecule is O=C(NCCSCc1ccccc1)c1ccccc1O. The topological polar surface area (TPSA) is 49.3 Å². The second kappa shape index (κ2) is 7.60. The summed E-state index contributed by atoms with van der Waals surface area (Å²) in [6.45, 7) is 0.588. The number of phenolic OH excluding ortho intramolecular Hbond substituents is 1. The van der Waals surface area contributed by atoms with Crippen LogP contribution >= 0.6 is 11.8 Å². The zero-order chi connectivity index (χ0) is 14.2. The van der Waals surface area contributed by atoms with Crippen molar-refractivity contribution in [1.82, 2.24) is 5.32 Å². The lowest BCUT2D eigenvalue weighted by atomic mass is 10.2. The molecular formula is C16H17NO2S. The third-order valence-corrected chi connectivity index (χ3v) is 3.82. The van der Waals surface area contributed by atoms with E-state index < -0.39 is 0 Å². The molecule has 104 valence electrons. The molecule has 0 aliphatic rings. The van der Waals surface area contributed by atoms with Gasteiger partial charge in [-0.15, -0.1) is 0 Å². The van der Waals surface area contributed by atoms with Crippen molar-refractivity contribution in [2.24, 2.45) is 0 Å². The van der Waals surface area contributed by atoms with Gasteiger partial charge in [0.1, 0.15) is 5.75 Å². The van der Waals surface area contributed by atoms with Crippen LogP contribution in [0, 0.1) is 0 Å². The molecule has 0 bridgehead atoms. The van der Waals surface area contributed by atoms with Crippen LogP contribution in [-0.4, -0.2) is 23.3 Å². The summed E-state index contributed by atoms with van der Waals surface area (Å²) in [4.78, 5) is 11.8. The van der Waals surface area contributed by atoms with Gasteiger partial charge in [-0.3, -0.25) is 4.79 Å². The van der Waals surface area contributed by atoms with Crippen LogP contribution in [0.5, 0.6) is 5.75 Å². The highest BCUT2D eigenvalue weighted by Crippen LogP contribution is 2.15. The summed E-state index contributed by atoms with van der Waals surface area (Å²) in [7, 11) is 0. The largest absolute Gasteiger partial charge is 0.507 e. The first-order valence-electron chi connectivity index (χ1n) is 6.45. The van der Waals surface area contributed by atoms with Crippen LogP contribution in [0.1, 0.15) is 15.9 Å². The van der Waals surface area contributed by atoms with Crippen LogP contribution in [0.25, 0.3) is 0 Å². The molecule has 2 rings (SSSR count). The predicted molar refractivity (Wildman–Crippen MR) is 83.0 cm³/mol. The first-order valence-corrected chi connectivity index (χ1v) is 7.60. The van der Waals surface area contributed by atoms with Crippen LogP contribution in [0.2, 0.25) is 0 Å². The van der Waals surface area contributed by atoms with Gasteiger partial charge in [-0.1, -0.05) is 42.5 Å². The van der Waals surface area contributed by atoms with E-state index in [2.05, 4.69) is 17.4 Å². The van der Waals surface area contributed by atoms with Gasteiger partial charge in [0, 0.05) is 18.1 Å². The molecule has 20 heavy (non-hydrogen) atoms. The van der Waals surface area contributed by atoms with Gasteiger partial charge < -0.3 is 10.4 Å². The summed E-state index contributed by atoms with van der Waals surface area (Å²) < 4.78 is 0. The molecule has 0 atom stereocenters. The monoisotopic (exact) mass is 287 g/mol. The molecule has 2 N–H and O–H groups in total. The minimum Gasteiger partial charge on any atom is -0.507 e. The van der Waals surface area contributed by atoms with Crippen LogP contribution in [0.15, 0.2) is 54.6 Å². The molecular weight excluding hydrogens is 270 g/mol. The lowest BCUT2D eigenvalue weighted by Gasteiger charge is -2.06. The van der Waals surface area contributed by atoms with E-state index in [-0.39, 0.29) is 11.7 Å². The van der Waals surface area contributed by atoms with E-state index in [0.29, 0.717) is 12.1 Å². The molecule has 0 fully saturated rings. The molecule has 0 saturated carbocycles. The van der Waals surface area contributed by atoms with Crippen molar-refractivity contribution in [3.63, 3.8) is 0 Å². The summed E-state index contributed by atoms with van der Waals surface area (Å²) in [5, 5.41) is 12.4. The molecule has 2 aromatic carbocycles. The average molecular weight is 287 g/mol. The second-order valence-electron chi connectivity index (χ2n) is 4.31. The quantitative estimate of drug-likeness (QED) is 0.803. The summed E-state index contributed by atoms with van der Waals surface area (Å²) in [5.74, 6) is 1.56. The number of hydrogen-bond donors (Lipinski definition) is 2. The zero-order valence-electron chi connectivity index (χ0n) is 11.1. The molecule has 4 heteroatoms. The van der Waals surface area contributed by atoms with E-state index in [0.717, 1.165) is 11.5 Å². The lowest BCUT2D eigenvalue weighted by Crippen LogP contribution is -2.25. The van der Waals surface area contributed by atoms with Crippen LogP contribution in [0.3, 0.4) is 0 Å². The maximum absolute atomic E-state index is 11.8. The number of hydrogen-bond acceptors (Lipinski definition) is 3. The molecule has 0 spiro atoms. The van der Waals surface area contributed by atoms with Gasteiger partial charge in [0.2, 0.25) is 0 Å². The molecule has 0 unspecified atom stereocenters. The Labute approximate surface area is 123 Å². The fourth-order valence-corrected chi connectivity index (χ4v) is 2.58. The van der Waals surface area contributed by atoms with Crippen LogP contribution < -0.4 is 5.32 Å². The second-order valence-corrected chi connectivity index (χ2v) is 5.42. The fraction of sp³-hybridized carbons (Fsp3) is 0.188. The lowest BCUT2D eigenvalue weighted by molar-refractivity contribution is 0.0953. The van der Waals surface area contributed by atoms with Gasteiger partial charge >= 0.3 is 0 Å². The van der Waals surface area contributed by atoms with Gasteiger partial charge in [0.15, 0.2) is 0 Å². The summed E-state index contributed by atoms with van der Waals surface area (Å²) in [5.41, 5.74) is 1.60. The number of benzene rings is 2. The Bertz CT molecular complexity index is 557. The maximum Gasteiger partial charge on any atom is 0.255 e. The Morgan fingerprint density at radius 1 is 1.05 bits per heavy atom. The fourth-order valence-electron chi connectivity index (χ4n) is 1.76. The Morgan fingerprint density at radius 3 is 2.50 bits per heavy atom. The van der Waals surface area contributed by atoms with Crippen molar-refractivity contribution in [2.45, 2.75) is 5.75 Å². The molecule has 3 nitrogen and oxygen atoms in total. The minimum absolute atomic E-state index is 0.0157. The predicted octanol–water partition coefficient (Wildman–Crippen LogP) is 3.06. The van der Waals surface area contributed by atoms with Gasteiger partial charge in [-0.2, -0.15) is 11.8 Å². The highest BCUT2D eigenvalue weighted by molar-refractivity contribution is 7.98. The van der Waals surface area contributed by atoms with Crippen molar-refractivity contribution in [3.05, 3.63) is 65.7 Å². The Morgan fingerprint density at radius 2 is 1.75 bits per heavy atom. The number of para-hydroxylation sites is 1. The minimum atomic E-state index is -0.233. The Kier molecular flexibility index (Phi) is 5.50. The molecule has 1 amide bonds. The van der Waals surface area contributed by atoms with Crippen molar-refractivity contribution < 1.29 is 9.90 Å². The molecule has 0 radical (unpaired) electrons. The van der Waals surface area contributed by atoms with Crippen LogP contribution in [0.4, 0.5) is 0 Å². The molecule has 2 aromatic rings. The van der Waals surface area contributed by atoms with E-state index in [1.807, 2.05) is 18.2 Å². The number of amides is 1. The zero-order valence-corrected chi connectivity index (χ0v) is 11.9. The summed E-state index contributed by atoms with van der Waals surface area (Å²) >= 11 is 1.77. The van der Waals surface area contributed by atoms with Gasteiger partial charge in [-0.25, -0.2) is 0 Å². The Balaban J connectivity index is 1.69. The van der Waals surface area contributed by atoms with E-state index >= 15 is 0 Å². The van der Waals surface area contributed by atoms with Crippen molar-refractivity contribution in [1.29, 1.82) is 0 Å². The number of rotatable bonds is 6. The van der Waals surface area contributed by atoms with Gasteiger partial charge in [-0.05, 0) is 17.7 Å². The van der Waals surface area contributed by atoms with Crippen molar-refractivity contribution >= 4 is 17.7 Å². The summed E-state index contributed by atoms with van der Waals surface area (Å²) in [6.07, 6.45) is 0. The number of carbonyl (C=O) groups excluding carboxylic acids is 1. The first kappa shape index (κ1) is 14.5. The number of aromatic hydroxyl groups is 1. The maximum atomic E-state index is 11.8. The Hall–Kier alpha value is -1.94. The molecule has 0 saturated heterocycles. The number of nitrogens with one attached hydrogen (secondary N) is 1. The van der Waals surface area contributed by atoms with E-state index in [9.17, 15) is 9.90 Å². The van der Waals surface area contributed by atoms with Gasteiger partial charge in [0.25, 0.3) is 5.91 Å². The van der Waals surface area contributed by atoms with E-state index in [1.54, 1.807) is 30.0 Å². The summed E-state index contributed by atoms with van der Waals surface area (Å²) in [6, 6.07) is 16.8.